The number of nitrogens with zero attached hydrogens (tertiary/aromatic N) is 2. The molecule has 1 atom stereocenters. The van der Waals surface area contributed by atoms with Crippen LogP contribution in [0.5, 0.6) is 0 Å². The molecule has 2 rings (SSSR count). The van der Waals surface area contributed by atoms with E-state index >= 15 is 0 Å². The third-order valence-corrected chi connectivity index (χ3v) is 3.55. The van der Waals surface area contributed by atoms with E-state index in [4.69, 9.17) is 5.11 Å². The quantitative estimate of drug-likeness (QED) is 0.891. The Labute approximate surface area is 131 Å². The Morgan fingerprint density at radius 2 is 2.09 bits per heavy atom. The summed E-state index contributed by atoms with van der Waals surface area (Å²) in [6, 6.07) is 5.09. The van der Waals surface area contributed by atoms with Crippen molar-refractivity contribution in [3.63, 3.8) is 0 Å². The Hall–Kier alpha value is -2.36. The fourth-order valence-corrected chi connectivity index (χ4v) is 2.59. The lowest BCUT2D eigenvalue weighted by molar-refractivity contribution is -0.141. The molecule has 0 radical (unpaired) electrons. The monoisotopic (exact) mass is 347 g/mol. The van der Waals surface area contributed by atoms with Gasteiger partial charge in [-0.3, -0.25) is 9.53 Å². The maximum absolute atomic E-state index is 12.6. The van der Waals surface area contributed by atoms with Crippen LogP contribution in [0.1, 0.15) is 11.3 Å². The van der Waals surface area contributed by atoms with Gasteiger partial charge in [-0.2, -0.15) is 18.3 Å². The van der Waals surface area contributed by atoms with Crippen LogP contribution in [-0.2, 0) is 22.7 Å². The number of halogens is 3. The van der Waals surface area contributed by atoms with Crippen LogP contribution in [0.25, 0.3) is 5.69 Å². The van der Waals surface area contributed by atoms with Gasteiger partial charge in [-0.05, 0) is 29.8 Å². The van der Waals surface area contributed by atoms with Gasteiger partial charge in [-0.1, -0.05) is 0 Å². The van der Waals surface area contributed by atoms with Crippen molar-refractivity contribution in [1.29, 1.82) is 0 Å². The van der Waals surface area contributed by atoms with Crippen LogP contribution < -0.4 is 5.32 Å². The molecule has 124 valence electrons. The maximum atomic E-state index is 12.6. The number of amides is 1. The van der Waals surface area contributed by atoms with Gasteiger partial charge in [-0.15, -0.1) is 0 Å². The zero-order valence-electron chi connectivity index (χ0n) is 11.8. The number of anilines is 1. The Kier molecular flexibility index (Phi) is 4.73. The van der Waals surface area contributed by atoms with E-state index in [0.717, 1.165) is 16.9 Å². The van der Waals surface area contributed by atoms with Crippen molar-refractivity contribution >= 4 is 22.6 Å². The molecule has 0 aliphatic carbocycles. The van der Waals surface area contributed by atoms with Crippen LogP contribution in [0.15, 0.2) is 30.5 Å². The topological polar surface area (TPSA) is 84.2 Å². The molecular formula is C13H12F3N3O3S. The molecule has 10 heteroatoms. The first-order valence-corrected chi connectivity index (χ1v) is 7.95. The van der Waals surface area contributed by atoms with Gasteiger partial charge in [0.25, 0.3) is 0 Å². The highest BCUT2D eigenvalue weighted by Gasteiger charge is 2.33. The fraction of sp³-hybridized carbons (Fsp3) is 0.231. The molecule has 0 aliphatic rings. The Morgan fingerprint density at radius 3 is 2.61 bits per heavy atom. The molecule has 2 N–H and O–H groups in total. The van der Waals surface area contributed by atoms with Crippen LogP contribution in [0, 0.1) is 0 Å². The van der Waals surface area contributed by atoms with Crippen molar-refractivity contribution in [2.75, 3.05) is 11.6 Å². The molecule has 0 saturated heterocycles. The van der Waals surface area contributed by atoms with Crippen molar-refractivity contribution in [2.24, 2.45) is 0 Å². The second-order valence-electron chi connectivity index (χ2n) is 4.63. The van der Waals surface area contributed by atoms with Gasteiger partial charge in [0.15, 0.2) is 5.69 Å². The van der Waals surface area contributed by atoms with E-state index in [-0.39, 0.29) is 11.4 Å². The summed E-state index contributed by atoms with van der Waals surface area (Å²) < 4.78 is 50.2. The minimum Gasteiger partial charge on any atom is -0.465 e. The molecule has 0 saturated carbocycles. The highest BCUT2D eigenvalue weighted by Crippen LogP contribution is 2.28. The molecule has 1 aromatic heterocycles. The number of hydrogen-bond acceptors (Lipinski definition) is 3. The van der Waals surface area contributed by atoms with Crippen LogP contribution in [0.2, 0.25) is 0 Å². The zero-order valence-corrected chi connectivity index (χ0v) is 12.6. The standard InChI is InChI=1S/C13H12F3N3O3S/c1-23(22)7-8-6-9(2-3-10(8)17-12(20)21)19-5-4-11(18-19)13(14,15)16/h2-6,17H,7H2,1H3,(H,20,21). The molecule has 0 fully saturated rings. The van der Waals surface area contributed by atoms with Crippen molar-refractivity contribution in [3.05, 3.63) is 41.7 Å². The minimum absolute atomic E-state index is 0.0524. The second-order valence-corrected chi connectivity index (χ2v) is 6.07. The second kappa shape index (κ2) is 6.41. The van der Waals surface area contributed by atoms with Gasteiger partial charge in [-0.25, -0.2) is 9.48 Å². The summed E-state index contributed by atoms with van der Waals surface area (Å²) in [5.41, 5.74) is -0.114. The first kappa shape index (κ1) is 17.0. The normalized spacial score (nSPS) is 12.9. The van der Waals surface area contributed by atoms with Gasteiger partial charge >= 0.3 is 12.3 Å². The van der Waals surface area contributed by atoms with Crippen LogP contribution in [0.4, 0.5) is 23.7 Å². The van der Waals surface area contributed by atoms with E-state index < -0.39 is 28.8 Å². The molecule has 1 aromatic carbocycles. The average Bonchev–Trinajstić information content (AvgIpc) is 2.89. The summed E-state index contributed by atoms with van der Waals surface area (Å²) in [6.07, 6.45) is -3.26. The summed E-state index contributed by atoms with van der Waals surface area (Å²) in [5, 5.41) is 14.4. The van der Waals surface area contributed by atoms with E-state index in [1.54, 1.807) is 0 Å². The highest BCUT2D eigenvalue weighted by atomic mass is 32.2. The Morgan fingerprint density at radius 1 is 1.39 bits per heavy atom. The zero-order chi connectivity index (χ0) is 17.2. The smallest absolute Gasteiger partial charge is 0.435 e. The Balaban J connectivity index is 2.41. The number of hydrogen-bond donors (Lipinski definition) is 2. The molecule has 23 heavy (non-hydrogen) atoms. The first-order valence-electron chi connectivity index (χ1n) is 6.23. The molecule has 1 amide bonds. The number of rotatable bonds is 4. The SMILES string of the molecule is CS(=O)Cc1cc(-n2ccc(C(F)(F)F)n2)ccc1NC(=O)O. The number of carboxylic acid groups (broad SMARTS) is 1. The number of carbonyl (C=O) groups is 1. The van der Waals surface area contributed by atoms with Crippen LogP contribution in [-0.4, -0.2) is 31.4 Å². The summed E-state index contributed by atoms with van der Waals surface area (Å²) in [7, 11) is -1.26. The molecule has 6 nitrogen and oxygen atoms in total. The van der Waals surface area contributed by atoms with Gasteiger partial charge in [0.2, 0.25) is 0 Å². The average molecular weight is 347 g/mol. The van der Waals surface area contributed by atoms with E-state index in [1.807, 2.05) is 0 Å². The summed E-state index contributed by atoms with van der Waals surface area (Å²) in [5.74, 6) is 0.0524. The maximum Gasteiger partial charge on any atom is 0.435 e. The largest absolute Gasteiger partial charge is 0.465 e. The molecule has 1 unspecified atom stereocenters. The fourth-order valence-electron chi connectivity index (χ4n) is 1.92. The van der Waals surface area contributed by atoms with E-state index in [1.165, 1.54) is 24.5 Å². The van der Waals surface area contributed by atoms with E-state index in [9.17, 15) is 22.2 Å². The number of aromatic nitrogens is 2. The lowest BCUT2D eigenvalue weighted by atomic mass is 10.2. The molecule has 0 spiro atoms. The third kappa shape index (κ3) is 4.31. The first-order chi connectivity index (χ1) is 10.7. The van der Waals surface area contributed by atoms with Crippen molar-refractivity contribution in [2.45, 2.75) is 11.9 Å². The van der Waals surface area contributed by atoms with E-state index in [0.29, 0.717) is 11.3 Å². The van der Waals surface area contributed by atoms with Gasteiger partial charge < -0.3 is 5.11 Å². The van der Waals surface area contributed by atoms with E-state index in [2.05, 4.69) is 10.4 Å². The van der Waals surface area contributed by atoms with Crippen molar-refractivity contribution in [3.8, 4) is 5.69 Å². The Bertz CT molecular complexity index is 758. The lowest BCUT2D eigenvalue weighted by Gasteiger charge is -2.11. The third-order valence-electron chi connectivity index (χ3n) is 2.83. The van der Waals surface area contributed by atoms with Gasteiger partial charge in [0.05, 0.1) is 11.4 Å². The molecule has 0 bridgehead atoms. The molecule has 2 aromatic rings. The number of alkyl halides is 3. The summed E-state index contributed by atoms with van der Waals surface area (Å²) in [6.45, 7) is 0. The van der Waals surface area contributed by atoms with Crippen molar-refractivity contribution in [1.82, 2.24) is 9.78 Å². The molecule has 1 heterocycles. The van der Waals surface area contributed by atoms with Crippen LogP contribution >= 0.6 is 0 Å². The molecular weight excluding hydrogens is 335 g/mol. The van der Waals surface area contributed by atoms with Crippen molar-refractivity contribution < 1.29 is 27.3 Å². The summed E-state index contributed by atoms with van der Waals surface area (Å²) >= 11 is 0. The number of benzene rings is 1. The number of nitrogens with one attached hydrogen (secondary N) is 1. The van der Waals surface area contributed by atoms with Gasteiger partial charge in [0.1, 0.15) is 0 Å². The van der Waals surface area contributed by atoms with Crippen LogP contribution in [0.3, 0.4) is 0 Å². The summed E-state index contributed by atoms with van der Waals surface area (Å²) in [4.78, 5) is 10.7. The minimum atomic E-state index is -4.55. The lowest BCUT2D eigenvalue weighted by Crippen LogP contribution is -2.11. The highest BCUT2D eigenvalue weighted by molar-refractivity contribution is 7.83. The molecule has 0 aliphatic heterocycles. The van der Waals surface area contributed by atoms with Gasteiger partial charge in [0, 0.05) is 28.9 Å². The predicted octanol–water partition coefficient (Wildman–Crippen LogP) is 2.86. The predicted molar refractivity (Wildman–Crippen MR) is 78.0 cm³/mol.